The molecule has 1 amide bonds. The van der Waals surface area contributed by atoms with Crippen molar-refractivity contribution < 1.29 is 28.2 Å². The quantitative estimate of drug-likeness (QED) is 0.241. The van der Waals surface area contributed by atoms with Crippen LogP contribution in [0.15, 0.2) is 72.8 Å². The van der Waals surface area contributed by atoms with E-state index in [1.165, 1.54) is 24.3 Å². The number of nitrogens with one attached hydrogen (secondary N) is 1. The predicted molar refractivity (Wildman–Crippen MR) is 144 cm³/mol. The first kappa shape index (κ1) is 25.9. The number of ether oxygens (including phenoxy) is 1. The molecule has 5 rings (SSSR count). The molecule has 1 heterocycles. The van der Waals surface area contributed by atoms with Crippen LogP contribution in [-0.4, -0.2) is 17.2 Å². The number of carbonyl (C=O) groups is 2. The van der Waals surface area contributed by atoms with Gasteiger partial charge in [-0.05, 0) is 60.7 Å². The molecule has 1 saturated carbocycles. The number of anilines is 1. The van der Waals surface area contributed by atoms with Crippen molar-refractivity contribution in [3.05, 3.63) is 99.9 Å². The third-order valence-corrected chi connectivity index (χ3v) is 7.98. The molecule has 3 aromatic carbocycles. The second kappa shape index (κ2) is 10.2. The Morgan fingerprint density at radius 1 is 1.03 bits per heavy atom. The molecule has 5 nitrogen and oxygen atoms in total. The van der Waals surface area contributed by atoms with Gasteiger partial charge in [0.25, 0.3) is 0 Å². The van der Waals surface area contributed by atoms with Crippen LogP contribution in [0, 0.1) is 11.6 Å². The monoisotopic (exact) mass is 553 g/mol. The fraction of sp³-hybridized carbons (Fsp3) is 0.172. The summed E-state index contributed by atoms with van der Waals surface area (Å²) in [5.74, 6) is -2.42. The van der Waals surface area contributed by atoms with Gasteiger partial charge in [0, 0.05) is 17.2 Å². The van der Waals surface area contributed by atoms with Crippen molar-refractivity contribution in [3.8, 4) is 21.6 Å². The molecule has 0 aliphatic heterocycles. The van der Waals surface area contributed by atoms with Crippen molar-refractivity contribution in [2.45, 2.75) is 31.3 Å². The van der Waals surface area contributed by atoms with Gasteiger partial charge < -0.3 is 9.84 Å². The highest BCUT2D eigenvalue weighted by Gasteiger charge is 2.52. The number of carboxylic acid groups (broad SMARTS) is 1. The maximum Gasteiger partial charge on any atom is 0.412 e. The Morgan fingerprint density at radius 3 is 2.42 bits per heavy atom. The van der Waals surface area contributed by atoms with Crippen molar-refractivity contribution in [3.63, 3.8) is 0 Å². The number of aliphatic carboxylic acids is 1. The summed E-state index contributed by atoms with van der Waals surface area (Å²) in [5.41, 5.74) is 2.62. The molecule has 0 spiro atoms. The summed E-state index contributed by atoms with van der Waals surface area (Å²) in [4.78, 5) is 25.4. The number of hydrogen-bond donors (Lipinski definition) is 2. The topological polar surface area (TPSA) is 75.6 Å². The SMILES string of the molecule is CC(OC(=O)Nc1cc(Cl)sc1-c1cc(C2(C(=O)O)CC2)ccc1-c1ccccc1)c1ccc(F)cc1F. The van der Waals surface area contributed by atoms with Crippen LogP contribution in [0.1, 0.15) is 37.0 Å². The summed E-state index contributed by atoms with van der Waals surface area (Å²) < 4.78 is 33.2. The molecule has 0 bridgehead atoms. The lowest BCUT2D eigenvalue weighted by Crippen LogP contribution is -2.19. The molecule has 38 heavy (non-hydrogen) atoms. The Labute approximate surface area is 226 Å². The molecule has 1 aliphatic rings. The highest BCUT2D eigenvalue weighted by Crippen LogP contribution is 2.51. The molecular weight excluding hydrogens is 532 g/mol. The van der Waals surface area contributed by atoms with E-state index in [-0.39, 0.29) is 5.56 Å². The molecule has 0 saturated heterocycles. The molecule has 1 fully saturated rings. The van der Waals surface area contributed by atoms with Gasteiger partial charge in [0.2, 0.25) is 0 Å². The number of carbonyl (C=O) groups excluding carboxylic acids is 1. The second-order valence-electron chi connectivity index (χ2n) is 9.15. The number of benzene rings is 3. The first-order valence-corrected chi connectivity index (χ1v) is 13.0. The number of carboxylic acids is 1. The average Bonchev–Trinajstić information content (AvgIpc) is 3.62. The molecule has 4 aromatic rings. The molecule has 0 radical (unpaired) electrons. The highest BCUT2D eigenvalue weighted by molar-refractivity contribution is 7.20. The zero-order valence-electron chi connectivity index (χ0n) is 20.1. The van der Waals surface area contributed by atoms with Crippen molar-refractivity contribution in [2.24, 2.45) is 0 Å². The first-order chi connectivity index (χ1) is 18.2. The maximum absolute atomic E-state index is 14.2. The number of rotatable bonds is 7. The van der Waals surface area contributed by atoms with Crippen molar-refractivity contribution in [2.75, 3.05) is 5.32 Å². The minimum atomic E-state index is -0.985. The number of hydrogen-bond acceptors (Lipinski definition) is 4. The molecule has 194 valence electrons. The van der Waals surface area contributed by atoms with Crippen molar-refractivity contribution in [1.82, 2.24) is 0 Å². The van der Waals surface area contributed by atoms with Crippen molar-refractivity contribution >= 4 is 40.7 Å². The van der Waals surface area contributed by atoms with E-state index in [9.17, 15) is 23.5 Å². The lowest BCUT2D eigenvalue weighted by atomic mass is 9.89. The summed E-state index contributed by atoms with van der Waals surface area (Å²) in [6.45, 7) is 1.48. The zero-order valence-corrected chi connectivity index (χ0v) is 21.7. The van der Waals surface area contributed by atoms with E-state index in [0.29, 0.717) is 38.9 Å². The average molecular weight is 554 g/mol. The summed E-state index contributed by atoms with van der Waals surface area (Å²) in [6.07, 6.45) is -0.736. The third kappa shape index (κ3) is 5.01. The van der Waals surface area contributed by atoms with E-state index in [2.05, 4.69) is 5.32 Å². The molecule has 1 aliphatic carbocycles. The third-order valence-electron chi connectivity index (χ3n) is 6.68. The summed E-state index contributed by atoms with van der Waals surface area (Å²) in [5, 5.41) is 12.5. The Hall–Kier alpha value is -3.75. The van der Waals surface area contributed by atoms with Gasteiger partial charge >= 0.3 is 12.1 Å². The highest BCUT2D eigenvalue weighted by atomic mass is 35.5. The van der Waals surface area contributed by atoms with Gasteiger partial charge in [0.15, 0.2) is 0 Å². The fourth-order valence-electron chi connectivity index (χ4n) is 4.50. The van der Waals surface area contributed by atoms with E-state index in [4.69, 9.17) is 16.3 Å². The Bertz CT molecular complexity index is 1540. The van der Waals surface area contributed by atoms with Crippen LogP contribution < -0.4 is 5.32 Å². The largest absolute Gasteiger partial charge is 0.481 e. The van der Waals surface area contributed by atoms with Crippen LogP contribution in [0.2, 0.25) is 4.34 Å². The number of halogens is 3. The van der Waals surface area contributed by atoms with Crippen LogP contribution >= 0.6 is 22.9 Å². The van der Waals surface area contributed by atoms with Crippen LogP contribution in [0.25, 0.3) is 21.6 Å². The normalized spacial score (nSPS) is 14.5. The lowest BCUT2D eigenvalue weighted by Gasteiger charge is -2.17. The van der Waals surface area contributed by atoms with Gasteiger partial charge in [0.1, 0.15) is 17.7 Å². The summed E-state index contributed by atoms with van der Waals surface area (Å²) in [7, 11) is 0. The Balaban J connectivity index is 1.50. The van der Waals surface area contributed by atoms with Crippen LogP contribution in [0.3, 0.4) is 0 Å². The Morgan fingerprint density at radius 2 is 1.76 bits per heavy atom. The standard InChI is InChI=1S/C29H22ClF2NO4S/c1-16(20-10-8-19(31)14-23(20)32)37-28(36)33-24-15-25(30)38-26(24)22-13-18(29(11-12-29)27(34)35)7-9-21(22)17-5-3-2-4-6-17/h2-10,13-16H,11-12H2,1H3,(H,33,36)(H,34,35). The summed E-state index contributed by atoms with van der Waals surface area (Å²) in [6, 6.07) is 19.8. The molecule has 1 atom stereocenters. The van der Waals surface area contributed by atoms with Gasteiger partial charge in [-0.3, -0.25) is 10.1 Å². The zero-order chi connectivity index (χ0) is 27.0. The van der Waals surface area contributed by atoms with Gasteiger partial charge in [-0.15, -0.1) is 11.3 Å². The van der Waals surface area contributed by atoms with Crippen LogP contribution in [0.4, 0.5) is 19.3 Å². The summed E-state index contributed by atoms with van der Waals surface area (Å²) >= 11 is 7.61. The van der Waals surface area contributed by atoms with Gasteiger partial charge in [0.05, 0.1) is 20.3 Å². The molecular formula is C29H22ClF2NO4S. The predicted octanol–water partition coefficient (Wildman–Crippen LogP) is 8.44. The Kier molecular flexibility index (Phi) is 6.94. The second-order valence-corrected chi connectivity index (χ2v) is 10.8. The first-order valence-electron chi connectivity index (χ1n) is 11.8. The van der Waals surface area contributed by atoms with Gasteiger partial charge in [-0.1, -0.05) is 54.1 Å². The van der Waals surface area contributed by atoms with E-state index in [1.807, 2.05) is 48.5 Å². The van der Waals surface area contributed by atoms with Gasteiger partial charge in [-0.25, -0.2) is 13.6 Å². The fourth-order valence-corrected chi connectivity index (χ4v) is 5.71. The maximum atomic E-state index is 14.2. The minimum Gasteiger partial charge on any atom is -0.481 e. The minimum absolute atomic E-state index is 0.0348. The number of thiophene rings is 1. The van der Waals surface area contributed by atoms with Crippen LogP contribution in [-0.2, 0) is 14.9 Å². The molecule has 9 heteroatoms. The van der Waals surface area contributed by atoms with E-state index < -0.39 is 35.2 Å². The molecule has 2 N–H and O–H groups in total. The molecule has 1 aromatic heterocycles. The van der Waals surface area contributed by atoms with E-state index in [0.717, 1.165) is 23.3 Å². The van der Waals surface area contributed by atoms with Crippen molar-refractivity contribution in [1.29, 1.82) is 0 Å². The smallest absolute Gasteiger partial charge is 0.412 e. The van der Waals surface area contributed by atoms with E-state index >= 15 is 0 Å². The van der Waals surface area contributed by atoms with Gasteiger partial charge in [-0.2, -0.15) is 0 Å². The number of amides is 1. The van der Waals surface area contributed by atoms with Crippen LogP contribution in [0.5, 0.6) is 0 Å². The lowest BCUT2D eigenvalue weighted by molar-refractivity contribution is -0.140. The van der Waals surface area contributed by atoms with E-state index in [1.54, 1.807) is 6.07 Å². The molecule has 1 unspecified atom stereocenters.